The Labute approximate surface area is 161 Å². The Hall–Kier alpha value is -3.42. The molecule has 1 unspecified atom stereocenters. The maximum atomic E-state index is 13.3. The summed E-state index contributed by atoms with van der Waals surface area (Å²) < 4.78 is 5.92. The van der Waals surface area contributed by atoms with Gasteiger partial charge in [-0.15, -0.1) is 0 Å². The first-order valence-corrected chi connectivity index (χ1v) is 9.24. The molecule has 1 saturated heterocycles. The zero-order valence-electron chi connectivity index (χ0n) is 15.5. The van der Waals surface area contributed by atoms with Gasteiger partial charge >= 0.3 is 0 Å². The lowest BCUT2D eigenvalue weighted by atomic mass is 9.99. The number of nitrogens with one attached hydrogen (secondary N) is 1. The maximum Gasteiger partial charge on any atom is 0.256 e. The van der Waals surface area contributed by atoms with E-state index in [4.69, 9.17) is 4.74 Å². The molecule has 1 aliphatic rings. The van der Waals surface area contributed by atoms with Crippen molar-refractivity contribution < 1.29 is 9.53 Å². The summed E-state index contributed by atoms with van der Waals surface area (Å²) in [4.78, 5) is 31.0. The van der Waals surface area contributed by atoms with Gasteiger partial charge in [-0.25, -0.2) is 0 Å². The second-order valence-corrected chi connectivity index (χ2v) is 6.85. The Morgan fingerprint density at radius 2 is 1.96 bits per heavy atom. The number of nitrogens with zero attached hydrogens (tertiary/aromatic N) is 4. The van der Waals surface area contributed by atoms with E-state index in [2.05, 4.69) is 15.2 Å². The smallest absolute Gasteiger partial charge is 0.256 e. The Bertz CT molecular complexity index is 1010. The van der Waals surface area contributed by atoms with Crippen LogP contribution >= 0.6 is 0 Å². The minimum absolute atomic E-state index is 0.0841. The SMILES string of the molecule is C[C@@H]1CCC(Oc2cc(=O)cc[nH]2)CN1C(=O)c1ccccc1-n1nccn1. The monoisotopic (exact) mass is 379 g/mol. The number of carbonyl (C=O) groups is 1. The molecule has 0 radical (unpaired) electrons. The Morgan fingerprint density at radius 3 is 2.75 bits per heavy atom. The summed E-state index contributed by atoms with van der Waals surface area (Å²) in [6.45, 7) is 2.48. The van der Waals surface area contributed by atoms with Crippen molar-refractivity contribution in [2.75, 3.05) is 6.54 Å². The summed E-state index contributed by atoms with van der Waals surface area (Å²) in [6, 6.07) is 10.2. The van der Waals surface area contributed by atoms with Crippen molar-refractivity contribution in [2.24, 2.45) is 0 Å². The third-order valence-electron chi connectivity index (χ3n) is 4.91. The van der Waals surface area contributed by atoms with Crippen LogP contribution in [0.15, 0.2) is 59.8 Å². The molecule has 0 aliphatic carbocycles. The van der Waals surface area contributed by atoms with E-state index < -0.39 is 0 Å². The molecule has 144 valence electrons. The molecular formula is C20H21N5O3. The van der Waals surface area contributed by atoms with Gasteiger partial charge in [0.1, 0.15) is 6.10 Å². The van der Waals surface area contributed by atoms with Gasteiger partial charge in [0.2, 0.25) is 0 Å². The molecule has 8 nitrogen and oxygen atoms in total. The predicted molar refractivity (Wildman–Crippen MR) is 103 cm³/mol. The van der Waals surface area contributed by atoms with Crippen LogP contribution in [-0.2, 0) is 0 Å². The van der Waals surface area contributed by atoms with Gasteiger partial charge in [-0.3, -0.25) is 9.59 Å². The maximum absolute atomic E-state index is 13.3. The Morgan fingerprint density at radius 1 is 1.18 bits per heavy atom. The van der Waals surface area contributed by atoms with Crippen LogP contribution in [0.1, 0.15) is 30.1 Å². The summed E-state index contributed by atoms with van der Waals surface area (Å²) in [5.41, 5.74) is 1.06. The number of piperidine rings is 1. The number of hydrogen-bond acceptors (Lipinski definition) is 5. The van der Waals surface area contributed by atoms with Gasteiger partial charge in [0, 0.05) is 24.4 Å². The first-order chi connectivity index (χ1) is 13.6. The topological polar surface area (TPSA) is 93.1 Å². The Balaban J connectivity index is 1.56. The molecule has 1 aliphatic heterocycles. The highest BCUT2D eigenvalue weighted by Crippen LogP contribution is 2.24. The van der Waals surface area contributed by atoms with Crippen LogP contribution in [0.3, 0.4) is 0 Å². The van der Waals surface area contributed by atoms with Crippen molar-refractivity contribution >= 4 is 5.91 Å². The molecule has 3 aromatic rings. The minimum atomic E-state index is -0.187. The number of amides is 1. The predicted octanol–water partition coefficient (Wildman–Crippen LogP) is 2.03. The van der Waals surface area contributed by atoms with Crippen LogP contribution in [-0.4, -0.2) is 49.5 Å². The molecule has 28 heavy (non-hydrogen) atoms. The summed E-state index contributed by atoms with van der Waals surface area (Å²) in [6.07, 6.45) is 6.15. The van der Waals surface area contributed by atoms with Gasteiger partial charge in [-0.1, -0.05) is 12.1 Å². The van der Waals surface area contributed by atoms with Crippen molar-refractivity contribution in [3.05, 3.63) is 70.8 Å². The fourth-order valence-corrected chi connectivity index (χ4v) is 3.45. The van der Waals surface area contributed by atoms with Crippen molar-refractivity contribution in [1.82, 2.24) is 24.9 Å². The van der Waals surface area contributed by atoms with Crippen molar-refractivity contribution in [3.63, 3.8) is 0 Å². The third-order valence-corrected chi connectivity index (χ3v) is 4.91. The zero-order valence-corrected chi connectivity index (χ0v) is 15.5. The lowest BCUT2D eigenvalue weighted by Gasteiger charge is -2.38. The lowest BCUT2D eigenvalue weighted by molar-refractivity contribution is 0.0372. The van der Waals surface area contributed by atoms with E-state index in [1.807, 2.05) is 30.0 Å². The number of likely N-dealkylation sites (tertiary alicyclic amines) is 1. The number of H-pyrrole nitrogens is 1. The number of ether oxygens (including phenoxy) is 1. The van der Waals surface area contributed by atoms with Crippen LogP contribution in [0.25, 0.3) is 5.69 Å². The number of benzene rings is 1. The first kappa shape index (κ1) is 18.0. The molecule has 2 aromatic heterocycles. The summed E-state index contributed by atoms with van der Waals surface area (Å²) in [5.74, 6) is 0.329. The highest BCUT2D eigenvalue weighted by Gasteiger charge is 2.32. The van der Waals surface area contributed by atoms with E-state index >= 15 is 0 Å². The summed E-state index contributed by atoms with van der Waals surface area (Å²) in [5, 5.41) is 8.30. The molecule has 1 N–H and O–H groups in total. The quantitative estimate of drug-likeness (QED) is 0.749. The van der Waals surface area contributed by atoms with Crippen molar-refractivity contribution in [2.45, 2.75) is 31.9 Å². The van der Waals surface area contributed by atoms with Crippen LogP contribution in [0.5, 0.6) is 5.88 Å². The lowest BCUT2D eigenvalue weighted by Crippen LogP contribution is -2.49. The standard InChI is InChI=1S/C20H21N5O3/c1-14-6-7-16(28-19-12-15(26)8-9-21-19)13-24(14)20(27)17-4-2-3-5-18(17)25-22-10-11-23-25/h2-5,8-12,14,16H,6-7,13H2,1H3,(H,21,26)/t14-,16?/m1/s1. The fraction of sp³-hybridized carbons (Fsp3) is 0.300. The molecule has 0 saturated carbocycles. The number of pyridine rings is 1. The molecule has 0 spiro atoms. The second-order valence-electron chi connectivity index (χ2n) is 6.85. The highest BCUT2D eigenvalue weighted by atomic mass is 16.5. The van der Waals surface area contributed by atoms with E-state index in [1.54, 1.807) is 24.7 Å². The number of aromatic nitrogens is 4. The molecule has 8 heteroatoms. The van der Waals surface area contributed by atoms with E-state index in [1.165, 1.54) is 16.9 Å². The fourth-order valence-electron chi connectivity index (χ4n) is 3.45. The molecule has 0 bridgehead atoms. The molecule has 4 rings (SSSR count). The molecule has 1 aromatic carbocycles. The molecular weight excluding hydrogens is 358 g/mol. The normalized spacial score (nSPS) is 19.4. The van der Waals surface area contributed by atoms with Gasteiger partial charge < -0.3 is 14.6 Å². The van der Waals surface area contributed by atoms with Gasteiger partial charge in [0.15, 0.2) is 11.3 Å². The van der Waals surface area contributed by atoms with E-state index in [0.717, 1.165) is 12.8 Å². The van der Waals surface area contributed by atoms with E-state index in [0.29, 0.717) is 23.7 Å². The van der Waals surface area contributed by atoms with Crippen LogP contribution in [0, 0.1) is 0 Å². The van der Waals surface area contributed by atoms with Crippen LogP contribution < -0.4 is 10.2 Å². The van der Waals surface area contributed by atoms with Gasteiger partial charge in [-0.05, 0) is 31.9 Å². The third kappa shape index (κ3) is 3.66. The molecule has 2 atom stereocenters. The number of hydrogen-bond donors (Lipinski definition) is 1. The van der Waals surface area contributed by atoms with Gasteiger partial charge in [-0.2, -0.15) is 15.0 Å². The summed E-state index contributed by atoms with van der Waals surface area (Å²) >= 11 is 0. The average Bonchev–Trinajstić information content (AvgIpc) is 3.24. The number of carbonyl (C=O) groups excluding carboxylic acids is 1. The second kappa shape index (κ2) is 7.67. The molecule has 1 amide bonds. The molecule has 3 heterocycles. The van der Waals surface area contributed by atoms with Crippen LogP contribution in [0.4, 0.5) is 0 Å². The minimum Gasteiger partial charge on any atom is -0.474 e. The van der Waals surface area contributed by atoms with Crippen molar-refractivity contribution in [3.8, 4) is 11.6 Å². The van der Waals surface area contributed by atoms with Gasteiger partial charge in [0.25, 0.3) is 5.91 Å². The highest BCUT2D eigenvalue weighted by molar-refractivity contribution is 5.98. The number of rotatable bonds is 4. The molecule has 1 fully saturated rings. The van der Waals surface area contributed by atoms with Crippen LogP contribution in [0.2, 0.25) is 0 Å². The zero-order chi connectivity index (χ0) is 19.5. The van der Waals surface area contributed by atoms with Gasteiger partial charge in [0.05, 0.1) is 30.2 Å². The summed E-state index contributed by atoms with van der Waals surface area (Å²) in [7, 11) is 0. The number of para-hydroxylation sites is 1. The largest absolute Gasteiger partial charge is 0.474 e. The van der Waals surface area contributed by atoms with Crippen molar-refractivity contribution in [1.29, 1.82) is 0 Å². The first-order valence-electron chi connectivity index (χ1n) is 9.24. The van der Waals surface area contributed by atoms with E-state index in [9.17, 15) is 9.59 Å². The average molecular weight is 379 g/mol. The Kier molecular flexibility index (Phi) is 4.92. The van der Waals surface area contributed by atoms with E-state index in [-0.39, 0.29) is 23.5 Å². The number of aromatic amines is 1.